The van der Waals surface area contributed by atoms with Crippen LogP contribution in [0.5, 0.6) is 17.4 Å². The molecule has 0 saturated carbocycles. The van der Waals surface area contributed by atoms with Gasteiger partial charge in [-0.15, -0.1) is 0 Å². The van der Waals surface area contributed by atoms with Gasteiger partial charge < -0.3 is 14.2 Å². The Morgan fingerprint density at radius 2 is 1.56 bits per heavy atom. The third-order valence-electron chi connectivity index (χ3n) is 4.85. The van der Waals surface area contributed by atoms with Gasteiger partial charge in [-0.25, -0.2) is 4.98 Å². The van der Waals surface area contributed by atoms with E-state index in [2.05, 4.69) is 10.1 Å². The zero-order valence-electron chi connectivity index (χ0n) is 17.9. The molecule has 6 nitrogen and oxygen atoms in total. The number of benzene rings is 2. The number of hydrogen-bond acceptors (Lipinski definition) is 5. The van der Waals surface area contributed by atoms with E-state index in [1.54, 1.807) is 31.4 Å². The Kier molecular flexibility index (Phi) is 6.93. The number of nitrogens with zero attached hydrogens (tertiary/aromatic N) is 2. The average molecular weight is 490 g/mol. The van der Waals surface area contributed by atoms with E-state index >= 15 is 0 Å². The number of nitrogens with one attached hydrogen (secondary N) is 1. The summed E-state index contributed by atoms with van der Waals surface area (Å²) >= 11 is 5.90. The number of methoxy groups -OCH3 is 1. The Bertz CT molecular complexity index is 1240. The van der Waals surface area contributed by atoms with Crippen LogP contribution < -0.4 is 14.2 Å². The largest absolute Gasteiger partial charge is 0.497 e. The second kappa shape index (κ2) is 10.0. The van der Waals surface area contributed by atoms with E-state index in [1.165, 1.54) is 12.3 Å². The van der Waals surface area contributed by atoms with E-state index in [0.29, 0.717) is 16.3 Å². The number of alkyl halides is 3. The zero-order chi connectivity index (χ0) is 24.1. The van der Waals surface area contributed by atoms with Crippen LogP contribution in [-0.4, -0.2) is 22.3 Å². The first-order valence-electron chi connectivity index (χ1n) is 10.1. The second-order valence-corrected chi connectivity index (χ2v) is 7.67. The van der Waals surface area contributed by atoms with Gasteiger partial charge in [-0.1, -0.05) is 35.9 Å². The van der Waals surface area contributed by atoms with Gasteiger partial charge in [-0.3, -0.25) is 5.10 Å². The molecule has 176 valence electrons. The summed E-state index contributed by atoms with van der Waals surface area (Å²) in [6, 6.07) is 16.8. The Morgan fingerprint density at radius 3 is 2.18 bits per heavy atom. The van der Waals surface area contributed by atoms with Gasteiger partial charge in [0.05, 0.1) is 18.4 Å². The number of hydrogen-bond donors (Lipinski definition) is 1. The highest BCUT2D eigenvalue weighted by Crippen LogP contribution is 2.35. The van der Waals surface area contributed by atoms with Crippen molar-refractivity contribution in [3.63, 3.8) is 0 Å². The van der Waals surface area contributed by atoms with E-state index in [9.17, 15) is 13.2 Å². The van der Waals surface area contributed by atoms with E-state index in [-0.39, 0.29) is 30.5 Å². The monoisotopic (exact) mass is 489 g/mol. The lowest BCUT2D eigenvalue weighted by Gasteiger charge is -2.13. The molecule has 2 aromatic carbocycles. The Morgan fingerprint density at radius 1 is 0.912 bits per heavy atom. The number of halogens is 4. The van der Waals surface area contributed by atoms with E-state index < -0.39 is 11.9 Å². The summed E-state index contributed by atoms with van der Waals surface area (Å²) in [6.45, 7) is 0.385. The highest BCUT2D eigenvalue weighted by Gasteiger charge is 2.33. The summed E-state index contributed by atoms with van der Waals surface area (Å²) in [7, 11) is 1.57. The fourth-order valence-corrected chi connectivity index (χ4v) is 3.16. The Hall–Kier alpha value is -3.72. The first kappa shape index (κ1) is 23.4. The van der Waals surface area contributed by atoms with Crippen molar-refractivity contribution in [1.29, 1.82) is 0 Å². The Labute approximate surface area is 198 Å². The van der Waals surface area contributed by atoms with Crippen molar-refractivity contribution in [2.75, 3.05) is 7.11 Å². The molecule has 0 radical (unpaired) electrons. The van der Waals surface area contributed by atoms with Gasteiger partial charge in [-0.05, 0) is 41.5 Å². The molecule has 1 N–H and O–H groups in total. The van der Waals surface area contributed by atoms with Crippen LogP contribution in [0.2, 0.25) is 5.02 Å². The number of H-pyrrole nitrogens is 1. The summed E-state index contributed by atoms with van der Waals surface area (Å²) in [5.41, 5.74) is 1.09. The van der Waals surface area contributed by atoms with Crippen LogP contribution in [0.1, 0.15) is 16.8 Å². The minimum absolute atomic E-state index is 0.0498. The minimum atomic E-state index is -4.55. The SMILES string of the molecule is COc1ccc(COc2cc(OCc3ccc(Cl)cc3)ncc2-c2cc(C(F)(F)F)[nH]n2)cc1. The maximum atomic E-state index is 13.0. The van der Waals surface area contributed by atoms with Crippen LogP contribution in [0, 0.1) is 0 Å². The molecule has 10 heteroatoms. The van der Waals surface area contributed by atoms with E-state index in [4.69, 9.17) is 25.8 Å². The summed E-state index contributed by atoms with van der Waals surface area (Å²) < 4.78 is 56.0. The quantitative estimate of drug-likeness (QED) is 0.314. The molecular weight excluding hydrogens is 471 g/mol. The van der Waals surface area contributed by atoms with Crippen LogP contribution in [0.4, 0.5) is 13.2 Å². The predicted octanol–water partition coefficient (Wildman–Crippen LogP) is 6.31. The van der Waals surface area contributed by atoms with E-state index in [0.717, 1.165) is 17.2 Å². The topological polar surface area (TPSA) is 69.3 Å². The molecule has 34 heavy (non-hydrogen) atoms. The molecule has 2 aromatic heterocycles. The molecule has 0 atom stereocenters. The normalized spacial score (nSPS) is 11.3. The molecule has 0 saturated heterocycles. The predicted molar refractivity (Wildman–Crippen MR) is 120 cm³/mol. The van der Waals surface area contributed by atoms with Gasteiger partial charge in [-0.2, -0.15) is 18.3 Å². The van der Waals surface area contributed by atoms with Crippen molar-refractivity contribution < 1.29 is 27.4 Å². The summed E-state index contributed by atoms with van der Waals surface area (Å²) in [6.07, 6.45) is -3.18. The lowest BCUT2D eigenvalue weighted by Crippen LogP contribution is -2.04. The molecule has 0 unspecified atom stereocenters. The molecule has 4 aromatic rings. The lowest BCUT2D eigenvalue weighted by molar-refractivity contribution is -0.141. The highest BCUT2D eigenvalue weighted by atomic mass is 35.5. The maximum absolute atomic E-state index is 13.0. The van der Waals surface area contributed by atoms with Crippen LogP contribution in [-0.2, 0) is 19.4 Å². The molecule has 0 amide bonds. The molecule has 0 spiro atoms. The third kappa shape index (κ3) is 5.79. The van der Waals surface area contributed by atoms with Gasteiger partial charge in [0.15, 0.2) is 0 Å². The summed E-state index contributed by atoms with van der Waals surface area (Å²) in [4.78, 5) is 4.22. The third-order valence-corrected chi connectivity index (χ3v) is 5.11. The van der Waals surface area contributed by atoms with E-state index in [1.807, 2.05) is 29.4 Å². The van der Waals surface area contributed by atoms with Crippen LogP contribution in [0.15, 0.2) is 66.9 Å². The van der Waals surface area contributed by atoms with Crippen molar-refractivity contribution in [1.82, 2.24) is 15.2 Å². The van der Waals surface area contributed by atoms with Crippen molar-refractivity contribution in [2.45, 2.75) is 19.4 Å². The van der Waals surface area contributed by atoms with Crippen LogP contribution in [0.25, 0.3) is 11.3 Å². The van der Waals surface area contributed by atoms with Crippen molar-refractivity contribution in [3.05, 3.63) is 88.7 Å². The summed E-state index contributed by atoms with van der Waals surface area (Å²) in [5.74, 6) is 1.22. The smallest absolute Gasteiger partial charge is 0.432 e. The molecular formula is C24H19ClF3N3O3. The van der Waals surface area contributed by atoms with Gasteiger partial charge in [0.25, 0.3) is 0 Å². The van der Waals surface area contributed by atoms with Crippen molar-refractivity contribution in [2.24, 2.45) is 0 Å². The second-order valence-electron chi connectivity index (χ2n) is 7.24. The molecule has 2 heterocycles. The molecule has 0 aliphatic rings. The number of pyridine rings is 1. The van der Waals surface area contributed by atoms with Gasteiger partial charge >= 0.3 is 6.18 Å². The number of ether oxygens (including phenoxy) is 3. The number of aromatic nitrogens is 3. The van der Waals surface area contributed by atoms with Gasteiger partial charge in [0.1, 0.15) is 30.4 Å². The van der Waals surface area contributed by atoms with Crippen LogP contribution >= 0.6 is 11.6 Å². The fraction of sp³-hybridized carbons (Fsp3) is 0.167. The number of rotatable bonds is 8. The maximum Gasteiger partial charge on any atom is 0.432 e. The van der Waals surface area contributed by atoms with Crippen LogP contribution in [0.3, 0.4) is 0 Å². The fourth-order valence-electron chi connectivity index (χ4n) is 3.04. The zero-order valence-corrected chi connectivity index (χ0v) is 18.7. The summed E-state index contributed by atoms with van der Waals surface area (Å²) in [5, 5.41) is 6.41. The lowest BCUT2D eigenvalue weighted by atomic mass is 10.1. The van der Waals surface area contributed by atoms with Gasteiger partial charge in [0, 0.05) is 17.3 Å². The first-order chi connectivity index (χ1) is 16.3. The average Bonchev–Trinajstić information content (AvgIpc) is 3.34. The molecule has 4 rings (SSSR count). The molecule has 0 aliphatic heterocycles. The first-order valence-corrected chi connectivity index (χ1v) is 10.5. The minimum Gasteiger partial charge on any atom is -0.497 e. The molecule has 0 bridgehead atoms. The molecule has 0 aliphatic carbocycles. The van der Waals surface area contributed by atoms with Gasteiger partial charge in [0.2, 0.25) is 5.88 Å². The van der Waals surface area contributed by atoms with Crippen molar-refractivity contribution >= 4 is 11.6 Å². The highest BCUT2D eigenvalue weighted by molar-refractivity contribution is 6.30. The Balaban J connectivity index is 1.58. The van der Waals surface area contributed by atoms with Crippen molar-refractivity contribution in [3.8, 4) is 28.6 Å². The molecule has 0 fully saturated rings. The standard InChI is InChI=1S/C24H19ClF3N3O3/c1-32-18-8-4-16(5-9-18)13-33-21-11-23(34-14-15-2-6-17(25)7-3-15)29-12-19(21)20-10-22(31-30-20)24(26,27)28/h2-12H,13-14H2,1H3,(H,30,31). The number of aromatic amines is 1.